The molecule has 9 nitrogen and oxygen atoms in total. The molecule has 4 aromatic rings. The topological polar surface area (TPSA) is 118 Å². The molecule has 9 heteroatoms. The molecule has 0 bridgehead atoms. The van der Waals surface area contributed by atoms with Gasteiger partial charge in [-0.15, -0.1) is 0 Å². The van der Waals surface area contributed by atoms with Crippen LogP contribution in [-0.2, 0) is 16.0 Å². The van der Waals surface area contributed by atoms with E-state index in [1.165, 1.54) is 17.3 Å². The summed E-state index contributed by atoms with van der Waals surface area (Å²) in [5.74, 6) is 0.473. The van der Waals surface area contributed by atoms with Gasteiger partial charge in [0.15, 0.2) is 0 Å². The van der Waals surface area contributed by atoms with E-state index < -0.39 is 6.04 Å². The van der Waals surface area contributed by atoms with E-state index in [4.69, 9.17) is 0 Å². The minimum atomic E-state index is -0.481. The first kappa shape index (κ1) is 19.3. The van der Waals surface area contributed by atoms with Gasteiger partial charge in [-0.1, -0.05) is 12.1 Å². The van der Waals surface area contributed by atoms with E-state index in [0.717, 1.165) is 16.9 Å². The van der Waals surface area contributed by atoms with E-state index >= 15 is 0 Å². The summed E-state index contributed by atoms with van der Waals surface area (Å²) in [7, 11) is 0. The van der Waals surface area contributed by atoms with Crippen molar-refractivity contribution in [1.29, 1.82) is 0 Å². The average Bonchev–Trinajstić information content (AvgIpc) is 3.43. The van der Waals surface area contributed by atoms with Gasteiger partial charge in [-0.25, -0.2) is 14.6 Å². The lowest BCUT2D eigenvalue weighted by atomic mass is 10.2. The van der Waals surface area contributed by atoms with Crippen LogP contribution in [0.3, 0.4) is 0 Å². The summed E-state index contributed by atoms with van der Waals surface area (Å²) in [6, 6.07) is 14.2. The Labute approximate surface area is 172 Å². The summed E-state index contributed by atoms with van der Waals surface area (Å²) < 4.78 is 1.48. The van der Waals surface area contributed by atoms with Crippen molar-refractivity contribution in [2.75, 3.05) is 10.6 Å². The van der Waals surface area contributed by atoms with Crippen LogP contribution < -0.4 is 10.6 Å². The zero-order valence-electron chi connectivity index (χ0n) is 16.4. The largest absolute Gasteiger partial charge is 0.342 e. The summed E-state index contributed by atoms with van der Waals surface area (Å²) >= 11 is 0. The molecule has 0 fully saturated rings. The second-order valence-electron chi connectivity index (χ2n) is 6.87. The molecular weight excluding hydrogens is 382 g/mol. The number of benzene rings is 2. The third-order valence-corrected chi connectivity index (χ3v) is 4.68. The van der Waals surface area contributed by atoms with Crippen LogP contribution in [0.5, 0.6) is 0 Å². The minimum absolute atomic E-state index is 0.105. The molecule has 0 spiro atoms. The van der Waals surface area contributed by atoms with Crippen LogP contribution in [-0.4, -0.2) is 36.5 Å². The SMILES string of the molecule is CC(C(=O)Nc1ccc(NC(=O)CCc2nc3ccccc3[nH]2)cc1)n1cncn1. The maximum atomic E-state index is 12.3. The second kappa shape index (κ2) is 8.56. The highest BCUT2D eigenvalue weighted by Crippen LogP contribution is 2.16. The van der Waals surface area contributed by atoms with Crippen molar-refractivity contribution in [1.82, 2.24) is 24.7 Å². The van der Waals surface area contributed by atoms with E-state index in [-0.39, 0.29) is 11.8 Å². The summed E-state index contributed by atoms with van der Waals surface area (Å²) in [5, 5.41) is 9.64. The van der Waals surface area contributed by atoms with E-state index in [0.29, 0.717) is 24.2 Å². The fourth-order valence-corrected chi connectivity index (χ4v) is 3.00. The number of rotatable bonds is 7. The van der Waals surface area contributed by atoms with Crippen molar-refractivity contribution in [2.45, 2.75) is 25.8 Å². The Hall–Kier alpha value is -4.01. The number of amides is 2. The Morgan fingerprint density at radius 3 is 2.50 bits per heavy atom. The molecule has 0 aliphatic heterocycles. The van der Waals surface area contributed by atoms with Crippen LogP contribution in [0.25, 0.3) is 11.0 Å². The highest BCUT2D eigenvalue weighted by Gasteiger charge is 2.15. The van der Waals surface area contributed by atoms with E-state index in [2.05, 4.69) is 30.7 Å². The number of nitrogens with zero attached hydrogens (tertiary/aromatic N) is 4. The molecule has 0 saturated heterocycles. The zero-order valence-corrected chi connectivity index (χ0v) is 16.4. The molecule has 2 heterocycles. The number of aromatic amines is 1. The number of aromatic nitrogens is 5. The second-order valence-corrected chi connectivity index (χ2v) is 6.87. The summed E-state index contributed by atoms with van der Waals surface area (Å²) in [6.07, 6.45) is 3.71. The third-order valence-electron chi connectivity index (χ3n) is 4.68. The smallest absolute Gasteiger partial charge is 0.249 e. The molecule has 0 aliphatic carbocycles. The van der Waals surface area contributed by atoms with Gasteiger partial charge in [-0.05, 0) is 43.3 Å². The number of hydrogen-bond donors (Lipinski definition) is 3. The van der Waals surface area contributed by atoms with Crippen LogP contribution in [0.15, 0.2) is 61.2 Å². The molecule has 1 atom stereocenters. The van der Waals surface area contributed by atoms with Gasteiger partial charge in [-0.2, -0.15) is 5.10 Å². The Bertz CT molecular complexity index is 1120. The van der Waals surface area contributed by atoms with Gasteiger partial charge in [0, 0.05) is 24.2 Å². The Morgan fingerprint density at radius 2 is 1.80 bits per heavy atom. The van der Waals surface area contributed by atoms with E-state index in [9.17, 15) is 9.59 Å². The molecule has 4 rings (SSSR count). The normalized spacial score (nSPS) is 11.9. The number of fused-ring (bicyclic) bond motifs is 1. The van der Waals surface area contributed by atoms with Crippen LogP contribution in [0.4, 0.5) is 11.4 Å². The maximum Gasteiger partial charge on any atom is 0.249 e. The Balaban J connectivity index is 1.28. The number of carbonyl (C=O) groups is 2. The number of para-hydroxylation sites is 2. The van der Waals surface area contributed by atoms with Crippen molar-refractivity contribution >= 4 is 34.2 Å². The number of anilines is 2. The Morgan fingerprint density at radius 1 is 1.07 bits per heavy atom. The van der Waals surface area contributed by atoms with Crippen molar-refractivity contribution < 1.29 is 9.59 Å². The summed E-state index contributed by atoms with van der Waals surface area (Å²) in [6.45, 7) is 1.74. The fourth-order valence-electron chi connectivity index (χ4n) is 3.00. The van der Waals surface area contributed by atoms with Gasteiger partial charge in [0.1, 0.15) is 24.5 Å². The lowest BCUT2D eigenvalue weighted by Gasteiger charge is -2.12. The average molecular weight is 403 g/mol. The maximum absolute atomic E-state index is 12.3. The number of H-pyrrole nitrogens is 1. The van der Waals surface area contributed by atoms with Gasteiger partial charge < -0.3 is 15.6 Å². The number of imidazole rings is 1. The Kier molecular flexibility index (Phi) is 5.51. The quantitative estimate of drug-likeness (QED) is 0.439. The molecule has 2 aromatic heterocycles. The van der Waals surface area contributed by atoms with Crippen LogP contribution in [0.2, 0.25) is 0 Å². The van der Waals surface area contributed by atoms with Crippen LogP contribution in [0.1, 0.15) is 25.2 Å². The van der Waals surface area contributed by atoms with Crippen molar-refractivity contribution in [3.63, 3.8) is 0 Å². The number of nitrogens with one attached hydrogen (secondary N) is 3. The first-order valence-electron chi connectivity index (χ1n) is 9.57. The molecule has 2 aromatic carbocycles. The zero-order chi connectivity index (χ0) is 20.9. The summed E-state index contributed by atoms with van der Waals surface area (Å²) in [5.41, 5.74) is 3.14. The molecule has 0 aliphatic rings. The van der Waals surface area contributed by atoms with Crippen molar-refractivity contribution in [3.8, 4) is 0 Å². The predicted molar refractivity (Wildman–Crippen MR) is 113 cm³/mol. The van der Waals surface area contributed by atoms with Crippen LogP contribution in [0, 0.1) is 0 Å². The first-order chi connectivity index (χ1) is 14.6. The van der Waals surface area contributed by atoms with Gasteiger partial charge in [0.25, 0.3) is 0 Å². The van der Waals surface area contributed by atoms with Gasteiger partial charge in [0.2, 0.25) is 11.8 Å². The van der Waals surface area contributed by atoms with Crippen LogP contribution >= 0.6 is 0 Å². The minimum Gasteiger partial charge on any atom is -0.342 e. The molecule has 152 valence electrons. The molecule has 0 radical (unpaired) electrons. The van der Waals surface area contributed by atoms with Gasteiger partial charge >= 0.3 is 0 Å². The number of carbonyl (C=O) groups excluding carboxylic acids is 2. The molecule has 0 saturated carbocycles. The summed E-state index contributed by atoms with van der Waals surface area (Å²) in [4.78, 5) is 36.1. The molecule has 3 N–H and O–H groups in total. The van der Waals surface area contributed by atoms with Gasteiger partial charge in [0.05, 0.1) is 11.0 Å². The molecular formula is C21H21N7O2. The monoisotopic (exact) mass is 403 g/mol. The van der Waals surface area contributed by atoms with Crippen molar-refractivity contribution in [2.24, 2.45) is 0 Å². The predicted octanol–water partition coefficient (Wildman–Crippen LogP) is 2.93. The lowest BCUT2D eigenvalue weighted by Crippen LogP contribution is -2.24. The molecule has 30 heavy (non-hydrogen) atoms. The number of aryl methyl sites for hydroxylation is 1. The highest BCUT2D eigenvalue weighted by atomic mass is 16.2. The molecule has 1 unspecified atom stereocenters. The number of hydrogen-bond acceptors (Lipinski definition) is 5. The highest BCUT2D eigenvalue weighted by molar-refractivity contribution is 5.94. The fraction of sp³-hybridized carbons (Fsp3) is 0.190. The van der Waals surface area contributed by atoms with E-state index in [1.54, 1.807) is 31.2 Å². The van der Waals surface area contributed by atoms with Crippen molar-refractivity contribution in [3.05, 3.63) is 67.0 Å². The lowest BCUT2D eigenvalue weighted by molar-refractivity contribution is -0.119. The standard InChI is InChI=1S/C21H21N7O2/c1-14(28-13-22-12-23-28)21(30)25-16-8-6-15(7-9-16)24-20(29)11-10-19-26-17-4-2-3-5-18(17)27-19/h2-9,12-14H,10-11H2,1H3,(H,24,29)(H,25,30)(H,26,27). The third kappa shape index (κ3) is 4.52. The molecule has 2 amide bonds. The van der Waals surface area contributed by atoms with E-state index in [1.807, 2.05) is 24.3 Å². The first-order valence-corrected chi connectivity index (χ1v) is 9.57. The van der Waals surface area contributed by atoms with Gasteiger partial charge in [-0.3, -0.25) is 9.59 Å².